The van der Waals surface area contributed by atoms with Crippen molar-refractivity contribution in [1.82, 2.24) is 0 Å². The Labute approximate surface area is 80.9 Å². The van der Waals surface area contributed by atoms with Crippen LogP contribution in [0.5, 0.6) is 0 Å². The predicted octanol–water partition coefficient (Wildman–Crippen LogP) is 1.40. The second-order valence-corrected chi connectivity index (χ2v) is 9.96. The van der Waals surface area contributed by atoms with E-state index in [0.29, 0.717) is 0 Å². The van der Waals surface area contributed by atoms with Crippen LogP contribution in [0.4, 0.5) is 0 Å². The summed E-state index contributed by atoms with van der Waals surface area (Å²) in [5.74, 6) is 0. The summed E-state index contributed by atoms with van der Waals surface area (Å²) in [4.78, 5) is 0. The van der Waals surface area contributed by atoms with Crippen LogP contribution in [0.15, 0.2) is 24.3 Å². The quantitative estimate of drug-likeness (QED) is 0.676. The van der Waals surface area contributed by atoms with Gasteiger partial charge in [0, 0.05) is 0 Å². The molecule has 0 fully saturated rings. The standard InChI is InChI=1S/C9H13Si.Pt/c1-10(2,3)9-7-5-4-6-8-9;/h4-7H,1-3H3;. The summed E-state index contributed by atoms with van der Waals surface area (Å²) >= 11 is 2.40. The molecule has 0 heterocycles. The average Bonchev–Trinajstić information content (AvgIpc) is 1.86. The summed E-state index contributed by atoms with van der Waals surface area (Å²) in [5.41, 5.74) is 0. The predicted molar refractivity (Wildman–Crippen MR) is 49.1 cm³/mol. The molecule has 0 unspecified atom stereocenters. The molecule has 63 valence electrons. The van der Waals surface area contributed by atoms with Gasteiger partial charge in [0.2, 0.25) is 0 Å². The molecule has 0 saturated heterocycles. The topological polar surface area (TPSA) is 0 Å². The number of benzene rings is 1. The molecule has 1 aromatic rings. The van der Waals surface area contributed by atoms with Crippen molar-refractivity contribution in [2.75, 3.05) is 0 Å². The zero-order valence-electron chi connectivity index (χ0n) is 7.13. The van der Waals surface area contributed by atoms with E-state index in [-0.39, 0.29) is 0 Å². The molecule has 0 atom stereocenters. The summed E-state index contributed by atoms with van der Waals surface area (Å²) in [6, 6.07) is 8.69. The molecule has 0 aromatic heterocycles. The van der Waals surface area contributed by atoms with Crippen LogP contribution in [-0.2, 0) is 19.8 Å². The third-order valence-electron chi connectivity index (χ3n) is 1.65. The van der Waals surface area contributed by atoms with Gasteiger partial charge in [0.15, 0.2) is 0 Å². The number of rotatable bonds is 1. The molecule has 1 rings (SSSR count). The second kappa shape index (κ2) is 3.24. The van der Waals surface area contributed by atoms with Gasteiger partial charge in [0.25, 0.3) is 0 Å². The van der Waals surface area contributed by atoms with Crippen molar-refractivity contribution < 1.29 is 19.8 Å². The van der Waals surface area contributed by atoms with Gasteiger partial charge >= 0.3 is 80.9 Å². The van der Waals surface area contributed by atoms with Crippen molar-refractivity contribution in [3.63, 3.8) is 0 Å². The molecule has 0 aliphatic heterocycles. The van der Waals surface area contributed by atoms with Crippen LogP contribution in [0.2, 0.25) is 19.6 Å². The molecule has 0 radical (unpaired) electrons. The Hall–Kier alpha value is 0.125. The van der Waals surface area contributed by atoms with Crippen molar-refractivity contribution in [1.29, 1.82) is 0 Å². The first-order valence-corrected chi connectivity index (χ1v) is 8.37. The van der Waals surface area contributed by atoms with E-state index < -0.39 is 8.07 Å². The molecule has 11 heavy (non-hydrogen) atoms. The Bertz CT molecular complexity index is 250. The minimum absolute atomic E-state index is 1.08. The van der Waals surface area contributed by atoms with E-state index in [1.807, 2.05) is 0 Å². The third-order valence-corrected chi connectivity index (χ3v) is 5.22. The molecule has 0 aliphatic carbocycles. The molecule has 0 amide bonds. The van der Waals surface area contributed by atoms with Gasteiger partial charge in [-0.15, -0.1) is 0 Å². The van der Waals surface area contributed by atoms with E-state index in [9.17, 15) is 0 Å². The van der Waals surface area contributed by atoms with Crippen LogP contribution in [0.1, 0.15) is 0 Å². The SMILES string of the molecule is C[Si](C)(C)c1cccc[c]1[Pt]. The minimum atomic E-state index is -1.08. The monoisotopic (exact) mass is 344 g/mol. The maximum atomic E-state index is 2.40. The van der Waals surface area contributed by atoms with Crippen LogP contribution in [0.3, 0.4) is 0 Å². The Morgan fingerprint density at radius 2 is 1.64 bits per heavy atom. The van der Waals surface area contributed by atoms with Crippen LogP contribution < -0.4 is 9.14 Å². The normalized spacial score (nSPS) is 11.7. The Balaban J connectivity index is 3.14. The molecular formula is C9H13PtSi. The van der Waals surface area contributed by atoms with Crippen molar-refractivity contribution >= 4 is 17.2 Å². The summed E-state index contributed by atoms with van der Waals surface area (Å²) in [6.07, 6.45) is 0. The van der Waals surface area contributed by atoms with Crippen molar-refractivity contribution in [3.8, 4) is 0 Å². The molecule has 0 spiro atoms. The fraction of sp³-hybridized carbons (Fsp3) is 0.333. The molecule has 2 heteroatoms. The van der Waals surface area contributed by atoms with Crippen molar-refractivity contribution in [2.45, 2.75) is 19.6 Å². The Kier molecular flexibility index (Phi) is 2.72. The Morgan fingerprint density at radius 3 is 2.00 bits per heavy atom. The van der Waals surface area contributed by atoms with E-state index in [2.05, 4.69) is 63.7 Å². The van der Waals surface area contributed by atoms with Gasteiger partial charge in [-0.2, -0.15) is 0 Å². The van der Waals surface area contributed by atoms with Gasteiger partial charge in [-0.1, -0.05) is 0 Å². The van der Waals surface area contributed by atoms with Gasteiger partial charge < -0.3 is 0 Å². The number of hydrogen-bond donors (Lipinski definition) is 0. The Morgan fingerprint density at radius 1 is 1.09 bits per heavy atom. The molecule has 0 saturated carbocycles. The van der Waals surface area contributed by atoms with E-state index in [0.717, 1.165) is 0 Å². The van der Waals surface area contributed by atoms with E-state index >= 15 is 0 Å². The van der Waals surface area contributed by atoms with Crippen LogP contribution in [-0.4, -0.2) is 8.07 Å². The van der Waals surface area contributed by atoms with Crippen LogP contribution in [0.25, 0.3) is 0 Å². The zero-order valence-corrected chi connectivity index (χ0v) is 10.4. The molecule has 0 N–H and O–H groups in total. The number of hydrogen-bond acceptors (Lipinski definition) is 0. The van der Waals surface area contributed by atoms with Crippen LogP contribution >= 0.6 is 0 Å². The molecule has 1 aromatic carbocycles. The summed E-state index contributed by atoms with van der Waals surface area (Å²) in [6.45, 7) is 7.14. The molecule has 0 nitrogen and oxygen atoms in total. The maximum absolute atomic E-state index is 2.40. The molecule has 0 aliphatic rings. The first-order valence-electron chi connectivity index (χ1n) is 3.74. The van der Waals surface area contributed by atoms with Gasteiger partial charge in [-0.3, -0.25) is 0 Å². The van der Waals surface area contributed by atoms with Crippen molar-refractivity contribution in [2.24, 2.45) is 0 Å². The first-order chi connectivity index (χ1) is 5.02. The summed E-state index contributed by atoms with van der Waals surface area (Å²) in [7, 11) is -1.08. The van der Waals surface area contributed by atoms with Gasteiger partial charge in [0.05, 0.1) is 0 Å². The van der Waals surface area contributed by atoms with Gasteiger partial charge in [-0.05, 0) is 0 Å². The average molecular weight is 344 g/mol. The summed E-state index contributed by atoms with van der Waals surface area (Å²) in [5, 5.41) is 1.57. The van der Waals surface area contributed by atoms with Gasteiger partial charge in [0.1, 0.15) is 0 Å². The fourth-order valence-electron chi connectivity index (χ4n) is 1.04. The van der Waals surface area contributed by atoms with Crippen LogP contribution in [0, 0.1) is 0 Å². The zero-order chi connectivity index (χ0) is 8.48. The van der Waals surface area contributed by atoms with Gasteiger partial charge in [-0.25, -0.2) is 0 Å². The summed E-state index contributed by atoms with van der Waals surface area (Å²) < 4.78 is 1.42. The second-order valence-electron chi connectivity index (χ2n) is 3.70. The molecular weight excluding hydrogens is 331 g/mol. The van der Waals surface area contributed by atoms with E-state index in [1.165, 1.54) is 3.95 Å². The van der Waals surface area contributed by atoms with Crippen molar-refractivity contribution in [3.05, 3.63) is 24.3 Å². The first kappa shape index (κ1) is 9.22. The van der Waals surface area contributed by atoms with E-state index in [4.69, 9.17) is 0 Å². The molecule has 0 bridgehead atoms. The third kappa shape index (κ3) is 2.28. The van der Waals surface area contributed by atoms with E-state index in [1.54, 1.807) is 5.19 Å². The fourth-order valence-corrected chi connectivity index (χ4v) is 5.35.